The van der Waals surface area contributed by atoms with Crippen LogP contribution in [0.5, 0.6) is 0 Å². The first-order valence-corrected chi connectivity index (χ1v) is 4.63. The third kappa shape index (κ3) is 11.2. The first kappa shape index (κ1) is 15.7. The fraction of sp³-hybridized carbons (Fsp3) is 0.857. The van der Waals surface area contributed by atoms with Crippen LogP contribution in [0.3, 0.4) is 0 Å². The molecule has 0 aromatic carbocycles. The van der Waals surface area contributed by atoms with Gasteiger partial charge in [0, 0.05) is 0 Å². The van der Waals surface area contributed by atoms with E-state index in [9.17, 15) is 0 Å². The van der Waals surface area contributed by atoms with Gasteiger partial charge in [0.1, 0.15) is 0 Å². The topological polar surface area (TPSA) is 18.5 Å². The maximum Gasteiger partial charge on any atom is 1.00 e. The number of rotatable bonds is 2. The normalized spacial score (nSPS) is 10.3. The zero-order chi connectivity index (χ0) is 8.91. The largest absolute Gasteiger partial charge is 1.00 e. The maximum atomic E-state index is 5.29. The minimum Gasteiger partial charge on any atom is -1.00 e. The Morgan fingerprint density at radius 1 is 1.50 bits per heavy atom. The second-order valence-corrected chi connectivity index (χ2v) is 4.30. The van der Waals surface area contributed by atoms with E-state index in [0.29, 0.717) is 11.0 Å². The molecule has 0 radical (unpaired) electrons. The van der Waals surface area contributed by atoms with Crippen molar-refractivity contribution < 1.29 is 39.9 Å². The molecule has 0 amide bonds. The Labute approximate surface area is 108 Å². The second-order valence-electron chi connectivity index (χ2n) is 2.96. The van der Waals surface area contributed by atoms with E-state index in [1.807, 2.05) is 27.7 Å². The molecule has 0 N–H and O–H groups in total. The van der Waals surface area contributed by atoms with Gasteiger partial charge in [0.05, 0.1) is 24.3 Å². The van der Waals surface area contributed by atoms with Crippen LogP contribution in [0, 0.1) is 0 Å². The zero-order valence-electron chi connectivity index (χ0n) is 9.34. The molecule has 0 fully saturated rings. The first-order valence-electron chi connectivity index (χ1n) is 3.48. The monoisotopic (exact) mass is 218 g/mol. The van der Waals surface area contributed by atoms with Crippen molar-refractivity contribution in [1.82, 2.24) is 0 Å². The molecule has 0 aliphatic rings. The van der Waals surface area contributed by atoms with Crippen molar-refractivity contribution in [2.75, 3.05) is 6.61 Å². The van der Waals surface area contributed by atoms with Gasteiger partial charge in [-0.1, -0.05) is 0 Å². The zero-order valence-corrected chi connectivity index (χ0v) is 12.0. The predicted octanol–water partition coefficient (Wildman–Crippen LogP) is -0.112. The van der Waals surface area contributed by atoms with Crippen LogP contribution in [0.15, 0.2) is 0 Å². The van der Waals surface area contributed by atoms with Crippen molar-refractivity contribution in [2.24, 2.45) is 0 Å². The van der Waals surface area contributed by atoms with E-state index < -0.39 is 0 Å². The van der Waals surface area contributed by atoms with E-state index >= 15 is 0 Å². The predicted molar refractivity (Wildman–Crippen MR) is 53.8 cm³/mol. The number of hydrogen-bond acceptors (Lipinski definition) is 4. The molecular formula is C7H15NaO2S2. The van der Waals surface area contributed by atoms with Gasteiger partial charge in [0.2, 0.25) is 4.38 Å². The Morgan fingerprint density at radius 3 is 2.33 bits per heavy atom. The Balaban J connectivity index is -0.000000500. The van der Waals surface area contributed by atoms with Crippen molar-refractivity contribution in [3.05, 3.63) is 0 Å². The van der Waals surface area contributed by atoms with Gasteiger partial charge in [-0.05, 0) is 39.9 Å². The molecule has 68 valence electrons. The van der Waals surface area contributed by atoms with Crippen LogP contribution in [0.25, 0.3) is 0 Å². The third-order valence-electron chi connectivity index (χ3n) is 0.622. The summed E-state index contributed by atoms with van der Waals surface area (Å²) in [5, 5.41) is 0. The maximum absolute atomic E-state index is 5.29. The standard InChI is InChI=1S/C7H14O2S2.Na.H/c1-5-8-6(10)11-9-7(2,3)4;;/h5H2,1-4H3;;/q;+1;-1. The summed E-state index contributed by atoms with van der Waals surface area (Å²) in [6.45, 7) is 8.39. The Bertz CT molecular complexity index is 139. The van der Waals surface area contributed by atoms with Gasteiger partial charge in [0.25, 0.3) is 0 Å². The van der Waals surface area contributed by atoms with Crippen LogP contribution in [-0.4, -0.2) is 16.6 Å². The first-order chi connectivity index (χ1) is 4.95. The Kier molecular flexibility index (Phi) is 9.91. The van der Waals surface area contributed by atoms with Crippen molar-refractivity contribution >= 4 is 28.6 Å². The molecule has 0 aromatic rings. The van der Waals surface area contributed by atoms with E-state index in [-0.39, 0.29) is 36.6 Å². The van der Waals surface area contributed by atoms with Gasteiger partial charge in [-0.15, -0.1) is 0 Å². The van der Waals surface area contributed by atoms with Crippen molar-refractivity contribution in [3.63, 3.8) is 0 Å². The molecule has 0 rings (SSSR count). The molecule has 0 unspecified atom stereocenters. The summed E-state index contributed by atoms with van der Waals surface area (Å²) in [5.74, 6) is 0. The van der Waals surface area contributed by atoms with Gasteiger partial charge < -0.3 is 10.3 Å². The molecule has 0 atom stereocenters. The van der Waals surface area contributed by atoms with E-state index in [2.05, 4.69) is 0 Å². The smallest absolute Gasteiger partial charge is 1.00 e. The Hall–Kier alpha value is 1.20. The number of ether oxygens (including phenoxy) is 1. The van der Waals surface area contributed by atoms with E-state index in [1.54, 1.807) is 0 Å². The van der Waals surface area contributed by atoms with Gasteiger partial charge in [-0.2, -0.15) is 0 Å². The molecular weight excluding hydrogens is 203 g/mol. The van der Waals surface area contributed by atoms with Gasteiger partial charge >= 0.3 is 29.6 Å². The average molecular weight is 218 g/mol. The number of thiocarbonyl (C=S) groups is 1. The molecule has 0 bridgehead atoms. The van der Waals surface area contributed by atoms with Crippen LogP contribution in [-0.2, 0) is 8.92 Å². The van der Waals surface area contributed by atoms with E-state index in [0.717, 1.165) is 12.0 Å². The summed E-state index contributed by atoms with van der Waals surface area (Å²) in [6.07, 6.45) is 0. The fourth-order valence-electron chi connectivity index (χ4n) is 0.301. The van der Waals surface area contributed by atoms with Gasteiger partial charge in [-0.3, -0.25) is 0 Å². The quantitative estimate of drug-likeness (QED) is 0.365. The molecule has 0 saturated carbocycles. The number of hydrogen-bond donors (Lipinski definition) is 0. The summed E-state index contributed by atoms with van der Waals surface area (Å²) in [7, 11) is 0. The van der Waals surface area contributed by atoms with Crippen molar-refractivity contribution in [1.29, 1.82) is 0 Å². The average Bonchev–Trinajstić information content (AvgIpc) is 1.83. The Morgan fingerprint density at radius 2 is 2.00 bits per heavy atom. The van der Waals surface area contributed by atoms with Crippen molar-refractivity contribution in [2.45, 2.75) is 33.3 Å². The van der Waals surface area contributed by atoms with Crippen LogP contribution < -0.4 is 29.6 Å². The second kappa shape index (κ2) is 7.59. The summed E-state index contributed by atoms with van der Waals surface area (Å²) in [4.78, 5) is 0. The van der Waals surface area contributed by atoms with E-state index in [1.165, 1.54) is 0 Å². The summed E-state index contributed by atoms with van der Waals surface area (Å²) >= 11 is 5.95. The molecule has 5 heteroatoms. The van der Waals surface area contributed by atoms with Crippen molar-refractivity contribution in [3.8, 4) is 0 Å². The summed E-state index contributed by atoms with van der Waals surface area (Å²) < 4.78 is 10.7. The summed E-state index contributed by atoms with van der Waals surface area (Å²) in [5.41, 5.74) is -0.175. The van der Waals surface area contributed by atoms with Crippen LogP contribution in [0.4, 0.5) is 0 Å². The molecule has 2 nitrogen and oxygen atoms in total. The van der Waals surface area contributed by atoms with E-state index in [4.69, 9.17) is 21.1 Å². The van der Waals surface area contributed by atoms with Crippen LogP contribution in [0.2, 0.25) is 0 Å². The molecule has 0 spiro atoms. The molecule has 0 aliphatic heterocycles. The minimum atomic E-state index is -0.175. The third-order valence-corrected chi connectivity index (χ3v) is 1.78. The molecule has 0 aliphatic carbocycles. The van der Waals surface area contributed by atoms with Crippen LogP contribution in [0.1, 0.15) is 29.1 Å². The molecule has 0 saturated heterocycles. The fourth-order valence-corrected chi connectivity index (χ4v) is 1.00. The molecule has 12 heavy (non-hydrogen) atoms. The van der Waals surface area contributed by atoms with Crippen LogP contribution >= 0.6 is 24.3 Å². The van der Waals surface area contributed by atoms with Gasteiger partial charge in [-0.25, -0.2) is 0 Å². The molecule has 0 heterocycles. The van der Waals surface area contributed by atoms with Gasteiger partial charge in [0.15, 0.2) is 0 Å². The minimum absolute atomic E-state index is 0. The molecule has 0 aromatic heterocycles. The SMILES string of the molecule is CCOC(=S)SOC(C)(C)C.[H-].[Na+]. The summed E-state index contributed by atoms with van der Waals surface area (Å²) in [6, 6.07) is 0.